The Morgan fingerprint density at radius 2 is 1.71 bits per heavy atom. The van der Waals surface area contributed by atoms with Gasteiger partial charge in [-0.3, -0.25) is 4.90 Å². The molecule has 0 aromatic heterocycles. The highest BCUT2D eigenvalue weighted by Gasteiger charge is 2.61. The molecule has 0 spiro atoms. The lowest BCUT2D eigenvalue weighted by Gasteiger charge is -2.56. The van der Waals surface area contributed by atoms with E-state index in [0.717, 1.165) is 51.0 Å². The topological polar surface area (TPSA) is 63.9 Å². The normalized spacial score (nSPS) is 56.9. The van der Waals surface area contributed by atoms with Crippen molar-refractivity contribution in [3.8, 4) is 0 Å². The van der Waals surface area contributed by atoms with Gasteiger partial charge in [0.1, 0.15) is 0 Å². The van der Waals surface area contributed by atoms with Gasteiger partial charge in [0.05, 0.1) is 18.3 Å². The Bertz CT molecular complexity index is 766. The van der Waals surface area contributed by atoms with Gasteiger partial charge in [-0.15, -0.1) is 0 Å². The van der Waals surface area contributed by atoms with Gasteiger partial charge in [-0.2, -0.15) is 0 Å². The molecule has 0 amide bonds. The molecule has 3 saturated carbocycles. The zero-order valence-corrected chi connectivity index (χ0v) is 19.7. The van der Waals surface area contributed by atoms with Crippen molar-refractivity contribution in [1.29, 1.82) is 0 Å². The lowest BCUT2D eigenvalue weighted by molar-refractivity contribution is -0.135. The van der Waals surface area contributed by atoms with Crippen LogP contribution in [0.25, 0.3) is 0 Å². The van der Waals surface area contributed by atoms with E-state index in [9.17, 15) is 15.3 Å². The predicted molar refractivity (Wildman–Crippen MR) is 121 cm³/mol. The second kappa shape index (κ2) is 7.29. The van der Waals surface area contributed by atoms with E-state index in [1.54, 1.807) is 11.1 Å². The molecule has 4 aliphatic carbocycles. The van der Waals surface area contributed by atoms with E-state index in [1.165, 1.54) is 19.4 Å². The summed E-state index contributed by atoms with van der Waals surface area (Å²) < 4.78 is 0. The fraction of sp³-hybridized carbons (Fsp3) is 0.926. The minimum absolute atomic E-state index is 0.101. The molecule has 2 unspecified atom stereocenters. The van der Waals surface area contributed by atoms with Gasteiger partial charge in [-0.05, 0) is 92.3 Å². The first-order chi connectivity index (χ1) is 14.8. The van der Waals surface area contributed by atoms with E-state index in [1.807, 2.05) is 0 Å². The van der Waals surface area contributed by atoms with E-state index in [0.29, 0.717) is 29.7 Å². The number of aliphatic hydroxyl groups is 3. The van der Waals surface area contributed by atoms with Gasteiger partial charge in [0.25, 0.3) is 0 Å². The van der Waals surface area contributed by atoms with Crippen molar-refractivity contribution in [2.24, 2.45) is 46.8 Å². The van der Waals surface area contributed by atoms with E-state index in [-0.39, 0.29) is 35.6 Å². The van der Waals surface area contributed by atoms with Crippen molar-refractivity contribution in [2.75, 3.05) is 13.1 Å². The number of hydrogen-bond donors (Lipinski definition) is 3. The van der Waals surface area contributed by atoms with Crippen LogP contribution < -0.4 is 0 Å². The molecule has 2 heterocycles. The molecule has 174 valence electrons. The highest BCUT2D eigenvalue weighted by molar-refractivity contribution is 5.35. The van der Waals surface area contributed by atoms with Crippen LogP contribution in [0.1, 0.15) is 72.1 Å². The first-order valence-electron chi connectivity index (χ1n) is 13.3. The zero-order valence-electron chi connectivity index (χ0n) is 19.7. The predicted octanol–water partition coefficient (Wildman–Crippen LogP) is 3.60. The average Bonchev–Trinajstić information content (AvgIpc) is 3.12. The molecule has 0 aromatic carbocycles. The highest BCUT2D eigenvalue weighted by atomic mass is 16.3. The number of hydrogen-bond acceptors (Lipinski definition) is 4. The van der Waals surface area contributed by atoms with Crippen LogP contribution in [-0.2, 0) is 0 Å². The molecule has 0 radical (unpaired) electrons. The number of rotatable bonds is 0. The zero-order chi connectivity index (χ0) is 21.7. The molecule has 12 atom stereocenters. The minimum Gasteiger partial charge on any atom is -0.393 e. The summed E-state index contributed by atoms with van der Waals surface area (Å²) in [5.74, 6) is 3.44. The molecule has 31 heavy (non-hydrogen) atoms. The molecule has 6 aliphatic rings. The first kappa shape index (κ1) is 21.1. The lowest BCUT2D eigenvalue weighted by Crippen LogP contribution is -2.56. The minimum atomic E-state index is -0.326. The molecule has 2 aliphatic heterocycles. The van der Waals surface area contributed by atoms with Crippen LogP contribution in [0.15, 0.2) is 11.1 Å². The quantitative estimate of drug-likeness (QED) is 0.515. The Morgan fingerprint density at radius 3 is 2.52 bits per heavy atom. The van der Waals surface area contributed by atoms with Crippen LogP contribution in [0, 0.1) is 46.8 Å². The molecule has 3 N–H and O–H groups in total. The van der Waals surface area contributed by atoms with Crippen LogP contribution in [0.4, 0.5) is 0 Å². The van der Waals surface area contributed by atoms with E-state index >= 15 is 0 Å². The van der Waals surface area contributed by atoms with Crippen molar-refractivity contribution in [1.82, 2.24) is 4.90 Å². The number of fused-ring (bicyclic) bond motifs is 7. The van der Waals surface area contributed by atoms with Crippen LogP contribution >= 0.6 is 0 Å². The van der Waals surface area contributed by atoms with Crippen LogP contribution in [0.2, 0.25) is 0 Å². The summed E-state index contributed by atoms with van der Waals surface area (Å²) in [5.41, 5.74) is 3.39. The summed E-state index contributed by atoms with van der Waals surface area (Å²) in [5, 5.41) is 32.9. The molecule has 4 heteroatoms. The number of piperidine rings is 2. The molecule has 0 bridgehead atoms. The van der Waals surface area contributed by atoms with Crippen LogP contribution in [-0.4, -0.2) is 57.7 Å². The second-order valence-electron chi connectivity index (χ2n) is 12.8. The molecule has 4 nitrogen and oxygen atoms in total. The fourth-order valence-corrected chi connectivity index (χ4v) is 9.84. The summed E-state index contributed by atoms with van der Waals surface area (Å²) in [6, 6.07) is 0.696. The van der Waals surface area contributed by atoms with E-state index < -0.39 is 0 Å². The molecule has 5 fully saturated rings. The van der Waals surface area contributed by atoms with Crippen molar-refractivity contribution < 1.29 is 15.3 Å². The summed E-state index contributed by atoms with van der Waals surface area (Å²) >= 11 is 0. The largest absolute Gasteiger partial charge is 0.393 e. The molecule has 0 aromatic rings. The summed E-state index contributed by atoms with van der Waals surface area (Å²) in [4.78, 5) is 2.78. The maximum atomic E-state index is 11.5. The number of aliphatic hydroxyl groups excluding tert-OH is 3. The Morgan fingerprint density at radius 1 is 0.903 bits per heavy atom. The summed E-state index contributed by atoms with van der Waals surface area (Å²) in [6.45, 7) is 9.62. The average molecular weight is 430 g/mol. The third kappa shape index (κ3) is 3.00. The third-order valence-corrected chi connectivity index (χ3v) is 11.4. The molecular weight excluding hydrogens is 386 g/mol. The highest BCUT2D eigenvalue weighted by Crippen LogP contribution is 2.65. The maximum absolute atomic E-state index is 11.5. The monoisotopic (exact) mass is 429 g/mol. The summed E-state index contributed by atoms with van der Waals surface area (Å²) in [7, 11) is 0. The van der Waals surface area contributed by atoms with Gasteiger partial charge in [0.15, 0.2) is 0 Å². The van der Waals surface area contributed by atoms with Gasteiger partial charge in [0.2, 0.25) is 0 Å². The van der Waals surface area contributed by atoms with Crippen molar-refractivity contribution in [2.45, 2.75) is 96.5 Å². The fourth-order valence-electron chi connectivity index (χ4n) is 9.84. The SMILES string of the molecule is C[C@H]1CC[C@H]2[C@@H](C)C3C[C@@H](O)C4C(=C3CN2C1)C[C@H]1[C@H]4C[C@@H](O)[C@H]2C[C@H](O)CC[C@@]21C. The van der Waals surface area contributed by atoms with Gasteiger partial charge >= 0.3 is 0 Å². The smallest absolute Gasteiger partial charge is 0.0614 e. The van der Waals surface area contributed by atoms with E-state index in [4.69, 9.17) is 0 Å². The maximum Gasteiger partial charge on any atom is 0.0614 e. The Kier molecular flexibility index (Phi) is 4.97. The Balaban J connectivity index is 1.37. The van der Waals surface area contributed by atoms with Crippen molar-refractivity contribution in [3.63, 3.8) is 0 Å². The third-order valence-electron chi connectivity index (χ3n) is 11.4. The van der Waals surface area contributed by atoms with E-state index in [2.05, 4.69) is 25.7 Å². The Hall–Kier alpha value is -0.420. The van der Waals surface area contributed by atoms with Gasteiger partial charge in [-0.25, -0.2) is 0 Å². The van der Waals surface area contributed by atoms with Crippen molar-refractivity contribution >= 4 is 0 Å². The summed E-state index contributed by atoms with van der Waals surface area (Å²) in [6.07, 6.45) is 7.39. The van der Waals surface area contributed by atoms with Gasteiger partial charge < -0.3 is 15.3 Å². The molecular formula is C27H43NO3. The van der Waals surface area contributed by atoms with Gasteiger partial charge in [-0.1, -0.05) is 31.9 Å². The number of nitrogens with zero attached hydrogens (tertiary/aromatic N) is 1. The molecule has 6 rings (SSSR count). The van der Waals surface area contributed by atoms with Crippen LogP contribution in [0.3, 0.4) is 0 Å². The lowest BCUT2D eigenvalue weighted by atomic mass is 9.51. The van der Waals surface area contributed by atoms with Gasteiger partial charge in [0, 0.05) is 25.0 Å². The first-order valence-corrected chi connectivity index (χ1v) is 13.3. The Labute approximate surface area is 188 Å². The van der Waals surface area contributed by atoms with Crippen molar-refractivity contribution in [3.05, 3.63) is 11.1 Å². The standard InChI is InChI=1S/C27H43NO3/c1-14-4-5-23-15(2)17-10-25(31)26-18(20(17)13-28(23)12-14)9-21-19(26)11-24(30)22-8-16(29)6-7-27(21,22)3/h14-17,19,21-26,29-31H,4-13H2,1-3H3/t14-,15-,16+,17?,19+,21-,22+,23-,24+,25+,26?,27+/m0/s1. The second-order valence-corrected chi connectivity index (χ2v) is 12.8. The van der Waals surface area contributed by atoms with Crippen LogP contribution in [0.5, 0.6) is 0 Å². The molecule has 2 saturated heterocycles.